The Balaban J connectivity index is 2.18. The molecular formula is C16H26O3. The number of carbonyl (C=O) groups is 1. The quantitative estimate of drug-likeness (QED) is 0.631. The summed E-state index contributed by atoms with van der Waals surface area (Å²) in [5, 5.41) is 11.0. The number of carbonyl (C=O) groups excluding carboxylic acids is 1. The van der Waals surface area contributed by atoms with Crippen LogP contribution in [0, 0.1) is 17.8 Å². The fraction of sp³-hybridized carbons (Fsp3) is 0.812. The third kappa shape index (κ3) is 3.02. The molecule has 2 aliphatic carbocycles. The first kappa shape index (κ1) is 14.6. The third-order valence-electron chi connectivity index (χ3n) is 4.94. The average molecular weight is 266 g/mol. The highest BCUT2D eigenvalue weighted by atomic mass is 16.5. The predicted molar refractivity (Wildman–Crippen MR) is 74.6 cm³/mol. The first-order chi connectivity index (χ1) is 8.96. The van der Waals surface area contributed by atoms with Gasteiger partial charge in [0.2, 0.25) is 0 Å². The van der Waals surface area contributed by atoms with Gasteiger partial charge in [-0.05, 0) is 51.4 Å². The van der Waals surface area contributed by atoms with Crippen LogP contribution in [-0.4, -0.2) is 23.3 Å². The van der Waals surface area contributed by atoms with Crippen molar-refractivity contribution in [2.75, 3.05) is 6.61 Å². The van der Waals surface area contributed by atoms with Crippen molar-refractivity contribution >= 4 is 5.97 Å². The van der Waals surface area contributed by atoms with Gasteiger partial charge in [-0.1, -0.05) is 18.6 Å². The Morgan fingerprint density at radius 1 is 1.53 bits per heavy atom. The zero-order chi connectivity index (χ0) is 14.0. The second-order valence-corrected chi connectivity index (χ2v) is 6.34. The highest BCUT2D eigenvalue weighted by Crippen LogP contribution is 2.48. The Labute approximate surface area is 116 Å². The van der Waals surface area contributed by atoms with Crippen molar-refractivity contribution in [2.24, 2.45) is 17.8 Å². The van der Waals surface area contributed by atoms with Crippen molar-refractivity contribution in [2.45, 2.75) is 58.5 Å². The lowest BCUT2D eigenvalue weighted by molar-refractivity contribution is -0.155. The Kier molecular flexibility index (Phi) is 4.34. The largest absolute Gasteiger partial charge is 0.466 e. The molecule has 4 atom stereocenters. The first-order valence-corrected chi connectivity index (χ1v) is 7.51. The molecule has 0 aromatic rings. The maximum atomic E-state index is 11.8. The molecule has 1 unspecified atom stereocenters. The van der Waals surface area contributed by atoms with E-state index in [1.54, 1.807) is 6.92 Å². The van der Waals surface area contributed by atoms with E-state index in [2.05, 4.69) is 19.9 Å². The monoisotopic (exact) mass is 266 g/mol. The number of hydrogen-bond acceptors (Lipinski definition) is 3. The molecule has 2 rings (SSSR count). The second-order valence-electron chi connectivity index (χ2n) is 6.34. The van der Waals surface area contributed by atoms with E-state index >= 15 is 0 Å². The van der Waals surface area contributed by atoms with Crippen molar-refractivity contribution in [3.63, 3.8) is 0 Å². The minimum Gasteiger partial charge on any atom is -0.466 e. The summed E-state index contributed by atoms with van der Waals surface area (Å²) in [5.74, 6) is 0.998. The van der Waals surface area contributed by atoms with Crippen molar-refractivity contribution in [3.8, 4) is 0 Å². The van der Waals surface area contributed by atoms with Gasteiger partial charge in [0.1, 0.15) is 0 Å². The molecule has 19 heavy (non-hydrogen) atoms. The minimum atomic E-state index is -0.898. The summed E-state index contributed by atoms with van der Waals surface area (Å²) in [6, 6.07) is 0. The molecule has 0 heterocycles. The van der Waals surface area contributed by atoms with Gasteiger partial charge >= 0.3 is 5.97 Å². The summed E-state index contributed by atoms with van der Waals surface area (Å²) < 4.78 is 5.02. The van der Waals surface area contributed by atoms with E-state index in [-0.39, 0.29) is 18.3 Å². The highest BCUT2D eigenvalue weighted by Gasteiger charge is 2.48. The van der Waals surface area contributed by atoms with Gasteiger partial charge in [0.05, 0.1) is 18.6 Å². The maximum absolute atomic E-state index is 11.8. The normalized spacial score (nSPS) is 38.3. The van der Waals surface area contributed by atoms with Gasteiger partial charge in [-0.2, -0.15) is 0 Å². The molecule has 0 saturated heterocycles. The molecule has 3 nitrogen and oxygen atoms in total. The maximum Gasteiger partial charge on any atom is 0.308 e. The number of esters is 1. The number of hydrogen-bond donors (Lipinski definition) is 1. The van der Waals surface area contributed by atoms with Crippen molar-refractivity contribution in [1.29, 1.82) is 0 Å². The van der Waals surface area contributed by atoms with Crippen molar-refractivity contribution < 1.29 is 14.6 Å². The summed E-state index contributed by atoms with van der Waals surface area (Å²) in [7, 11) is 0. The molecular weight excluding hydrogens is 240 g/mol. The molecule has 1 N–H and O–H groups in total. The van der Waals surface area contributed by atoms with Gasteiger partial charge in [0.15, 0.2) is 0 Å². The summed E-state index contributed by atoms with van der Waals surface area (Å²) in [4.78, 5) is 11.8. The minimum absolute atomic E-state index is 0.120. The van der Waals surface area contributed by atoms with E-state index in [0.29, 0.717) is 24.9 Å². The van der Waals surface area contributed by atoms with Crippen LogP contribution in [-0.2, 0) is 9.53 Å². The zero-order valence-electron chi connectivity index (χ0n) is 12.3. The SMILES string of the molecule is CCOC(=O)CC1(O)CC[C@H](C)[C@H]2CCC(C)=C[C@H]21. The van der Waals surface area contributed by atoms with Crippen molar-refractivity contribution in [1.82, 2.24) is 0 Å². The Morgan fingerprint density at radius 3 is 2.95 bits per heavy atom. The molecule has 0 radical (unpaired) electrons. The Bertz CT molecular complexity index is 374. The molecule has 0 aromatic heterocycles. The van der Waals surface area contributed by atoms with Gasteiger partial charge in [-0.25, -0.2) is 0 Å². The van der Waals surface area contributed by atoms with Gasteiger partial charge in [-0.15, -0.1) is 0 Å². The van der Waals surface area contributed by atoms with Gasteiger partial charge in [0.25, 0.3) is 0 Å². The molecule has 3 heteroatoms. The van der Waals surface area contributed by atoms with Gasteiger partial charge in [0, 0.05) is 5.92 Å². The lowest BCUT2D eigenvalue weighted by Crippen LogP contribution is -2.49. The van der Waals surface area contributed by atoms with E-state index in [4.69, 9.17) is 4.74 Å². The Morgan fingerprint density at radius 2 is 2.26 bits per heavy atom. The first-order valence-electron chi connectivity index (χ1n) is 7.51. The lowest BCUT2D eigenvalue weighted by atomic mass is 9.60. The number of rotatable bonds is 3. The van der Waals surface area contributed by atoms with Crippen LogP contribution in [0.1, 0.15) is 52.9 Å². The van der Waals surface area contributed by atoms with Crippen molar-refractivity contribution in [3.05, 3.63) is 11.6 Å². The van der Waals surface area contributed by atoms with Crippen LogP contribution in [0.25, 0.3) is 0 Å². The zero-order valence-corrected chi connectivity index (χ0v) is 12.3. The van der Waals surface area contributed by atoms with Crippen LogP contribution in [0.2, 0.25) is 0 Å². The lowest BCUT2D eigenvalue weighted by Gasteiger charge is -2.48. The van der Waals surface area contributed by atoms with Crippen LogP contribution in [0.3, 0.4) is 0 Å². The third-order valence-corrected chi connectivity index (χ3v) is 4.94. The van der Waals surface area contributed by atoms with E-state index in [9.17, 15) is 9.90 Å². The number of aliphatic hydroxyl groups is 1. The molecule has 2 aliphatic rings. The fourth-order valence-corrected chi connectivity index (χ4v) is 3.81. The second kappa shape index (κ2) is 5.66. The molecule has 1 saturated carbocycles. The number of allylic oxidation sites excluding steroid dienone is 1. The summed E-state index contributed by atoms with van der Waals surface area (Å²) in [6.45, 7) is 6.59. The molecule has 0 aliphatic heterocycles. The summed E-state index contributed by atoms with van der Waals surface area (Å²) >= 11 is 0. The molecule has 0 bridgehead atoms. The molecule has 108 valence electrons. The molecule has 0 amide bonds. The standard InChI is InChI=1S/C16H26O3/c1-4-19-15(17)10-16(18)8-7-12(3)13-6-5-11(2)9-14(13)16/h9,12-14,18H,4-8,10H2,1-3H3/t12-,13+,14+,16?/m0/s1. The molecule has 0 aromatic carbocycles. The number of fused-ring (bicyclic) bond motifs is 1. The smallest absolute Gasteiger partial charge is 0.308 e. The van der Waals surface area contributed by atoms with E-state index in [1.807, 2.05) is 0 Å². The van der Waals surface area contributed by atoms with E-state index < -0.39 is 5.60 Å². The van der Waals surface area contributed by atoms with E-state index in [0.717, 1.165) is 19.3 Å². The summed E-state index contributed by atoms with van der Waals surface area (Å²) in [6.07, 6.45) is 6.32. The summed E-state index contributed by atoms with van der Waals surface area (Å²) in [5.41, 5.74) is 0.447. The van der Waals surface area contributed by atoms with Gasteiger partial charge in [-0.3, -0.25) is 4.79 Å². The van der Waals surface area contributed by atoms with Gasteiger partial charge < -0.3 is 9.84 Å². The number of ether oxygens (including phenoxy) is 1. The molecule has 1 fully saturated rings. The Hall–Kier alpha value is -0.830. The van der Waals surface area contributed by atoms with Crippen LogP contribution in [0.15, 0.2) is 11.6 Å². The van der Waals surface area contributed by atoms with E-state index in [1.165, 1.54) is 5.57 Å². The molecule has 0 spiro atoms. The van der Waals surface area contributed by atoms with Crippen LogP contribution in [0.5, 0.6) is 0 Å². The topological polar surface area (TPSA) is 46.5 Å². The van der Waals surface area contributed by atoms with Crippen LogP contribution < -0.4 is 0 Å². The highest BCUT2D eigenvalue weighted by molar-refractivity contribution is 5.70. The van der Waals surface area contributed by atoms with Crippen LogP contribution >= 0.6 is 0 Å². The predicted octanol–water partition coefficient (Wildman–Crippen LogP) is 3.07. The fourth-order valence-electron chi connectivity index (χ4n) is 3.81. The van der Waals surface area contributed by atoms with Crippen LogP contribution in [0.4, 0.5) is 0 Å². The average Bonchev–Trinajstić information content (AvgIpc) is 2.35.